The Bertz CT molecular complexity index is 687. The van der Waals surface area contributed by atoms with Crippen molar-refractivity contribution in [1.82, 2.24) is 4.98 Å². The van der Waals surface area contributed by atoms with Crippen molar-refractivity contribution in [3.63, 3.8) is 0 Å². The third-order valence-electron chi connectivity index (χ3n) is 2.66. The molecule has 0 atom stereocenters. The standard InChI is InChI=1S/C16H15N3OS/c1-21-14-9-7-12(8-10-14)16(20)19-15-6-2-4-13(18-15)5-3-11-17/h2,4,6-10H,11,17H2,1H3,(H,18,19,20). The van der Waals surface area contributed by atoms with E-state index in [0.29, 0.717) is 17.1 Å². The van der Waals surface area contributed by atoms with Crippen molar-refractivity contribution in [2.45, 2.75) is 4.90 Å². The lowest BCUT2D eigenvalue weighted by molar-refractivity contribution is 0.102. The third-order valence-corrected chi connectivity index (χ3v) is 3.40. The Balaban J connectivity index is 2.11. The summed E-state index contributed by atoms with van der Waals surface area (Å²) in [7, 11) is 0. The molecule has 1 amide bonds. The molecule has 1 heterocycles. The van der Waals surface area contributed by atoms with E-state index >= 15 is 0 Å². The molecule has 0 unspecified atom stereocenters. The highest BCUT2D eigenvalue weighted by Crippen LogP contribution is 2.15. The van der Waals surface area contributed by atoms with Crippen molar-refractivity contribution >= 4 is 23.5 Å². The molecule has 1 aromatic carbocycles. The van der Waals surface area contributed by atoms with Crippen LogP contribution >= 0.6 is 11.8 Å². The van der Waals surface area contributed by atoms with Crippen LogP contribution in [0.15, 0.2) is 47.4 Å². The zero-order chi connectivity index (χ0) is 15.1. The van der Waals surface area contributed by atoms with Gasteiger partial charge in [-0.25, -0.2) is 4.98 Å². The lowest BCUT2D eigenvalue weighted by Gasteiger charge is -2.05. The second-order valence-electron chi connectivity index (χ2n) is 4.10. The third kappa shape index (κ3) is 4.35. The predicted octanol–water partition coefficient (Wildman–Crippen LogP) is 2.37. The molecule has 0 saturated heterocycles. The van der Waals surface area contributed by atoms with Crippen LogP contribution in [0.2, 0.25) is 0 Å². The Kier molecular flexibility index (Phi) is 5.38. The van der Waals surface area contributed by atoms with Gasteiger partial charge < -0.3 is 11.1 Å². The average Bonchev–Trinajstić information content (AvgIpc) is 2.53. The van der Waals surface area contributed by atoms with Crippen LogP contribution in [0.4, 0.5) is 5.82 Å². The van der Waals surface area contributed by atoms with Gasteiger partial charge in [0.05, 0.1) is 6.54 Å². The highest BCUT2D eigenvalue weighted by molar-refractivity contribution is 7.98. The second kappa shape index (κ2) is 7.48. The molecule has 1 aromatic heterocycles. The van der Waals surface area contributed by atoms with Gasteiger partial charge in [0.15, 0.2) is 0 Å². The van der Waals surface area contributed by atoms with Gasteiger partial charge in [0, 0.05) is 10.5 Å². The summed E-state index contributed by atoms with van der Waals surface area (Å²) < 4.78 is 0. The Labute approximate surface area is 128 Å². The van der Waals surface area contributed by atoms with Crippen LogP contribution < -0.4 is 11.1 Å². The Hall–Kier alpha value is -2.29. The molecular formula is C16H15N3OS. The summed E-state index contributed by atoms with van der Waals surface area (Å²) >= 11 is 1.63. The smallest absolute Gasteiger partial charge is 0.256 e. The molecule has 106 valence electrons. The number of anilines is 1. The molecule has 0 fully saturated rings. The van der Waals surface area contributed by atoms with Gasteiger partial charge in [0.2, 0.25) is 0 Å². The fourth-order valence-corrected chi connectivity index (χ4v) is 2.05. The van der Waals surface area contributed by atoms with E-state index in [9.17, 15) is 4.79 Å². The van der Waals surface area contributed by atoms with Gasteiger partial charge in [-0.05, 0) is 48.6 Å². The molecule has 4 nitrogen and oxygen atoms in total. The fraction of sp³-hybridized carbons (Fsp3) is 0.125. The molecule has 0 saturated carbocycles. The largest absolute Gasteiger partial charge is 0.320 e. The zero-order valence-corrected chi connectivity index (χ0v) is 12.4. The van der Waals surface area contributed by atoms with Crippen molar-refractivity contribution < 1.29 is 4.79 Å². The van der Waals surface area contributed by atoms with E-state index in [1.807, 2.05) is 18.4 Å². The number of carbonyl (C=O) groups excluding carboxylic acids is 1. The van der Waals surface area contributed by atoms with Crippen molar-refractivity contribution in [2.75, 3.05) is 18.1 Å². The number of rotatable bonds is 3. The second-order valence-corrected chi connectivity index (χ2v) is 4.98. The maximum absolute atomic E-state index is 12.1. The van der Waals surface area contributed by atoms with Crippen LogP contribution in [-0.4, -0.2) is 23.7 Å². The number of nitrogens with two attached hydrogens (primary N) is 1. The molecule has 0 radical (unpaired) electrons. The summed E-state index contributed by atoms with van der Waals surface area (Å²) in [5.41, 5.74) is 6.49. The van der Waals surface area contributed by atoms with Crippen LogP contribution in [0, 0.1) is 11.8 Å². The zero-order valence-electron chi connectivity index (χ0n) is 11.6. The number of aromatic nitrogens is 1. The molecule has 0 aliphatic heterocycles. The predicted molar refractivity (Wildman–Crippen MR) is 86.3 cm³/mol. The molecule has 0 aliphatic rings. The Morgan fingerprint density at radius 3 is 2.71 bits per heavy atom. The quantitative estimate of drug-likeness (QED) is 0.674. The number of amides is 1. The summed E-state index contributed by atoms with van der Waals surface area (Å²) in [6.45, 7) is 0.278. The molecule has 0 bridgehead atoms. The number of carbonyl (C=O) groups is 1. The Morgan fingerprint density at radius 2 is 2.05 bits per heavy atom. The molecule has 0 spiro atoms. The van der Waals surface area contributed by atoms with Crippen LogP contribution in [0.25, 0.3) is 0 Å². The van der Waals surface area contributed by atoms with Gasteiger partial charge in [-0.15, -0.1) is 11.8 Å². The lowest BCUT2D eigenvalue weighted by Crippen LogP contribution is -2.13. The first-order valence-electron chi connectivity index (χ1n) is 6.34. The van der Waals surface area contributed by atoms with Crippen molar-refractivity contribution in [1.29, 1.82) is 0 Å². The first-order chi connectivity index (χ1) is 10.2. The number of hydrogen-bond donors (Lipinski definition) is 2. The van der Waals surface area contributed by atoms with E-state index in [2.05, 4.69) is 22.1 Å². The van der Waals surface area contributed by atoms with Crippen LogP contribution in [-0.2, 0) is 0 Å². The highest BCUT2D eigenvalue weighted by Gasteiger charge is 2.06. The SMILES string of the molecule is CSc1ccc(C(=O)Nc2cccc(C#CCN)n2)cc1. The molecule has 2 rings (SSSR count). The highest BCUT2D eigenvalue weighted by atomic mass is 32.2. The van der Waals surface area contributed by atoms with Gasteiger partial charge in [0.1, 0.15) is 11.5 Å². The monoisotopic (exact) mass is 297 g/mol. The summed E-state index contributed by atoms with van der Waals surface area (Å²) in [4.78, 5) is 17.5. The topological polar surface area (TPSA) is 68.0 Å². The lowest BCUT2D eigenvalue weighted by atomic mass is 10.2. The van der Waals surface area contributed by atoms with E-state index in [4.69, 9.17) is 5.73 Å². The van der Waals surface area contributed by atoms with Gasteiger partial charge in [-0.3, -0.25) is 4.79 Å². The van der Waals surface area contributed by atoms with E-state index in [0.717, 1.165) is 4.90 Å². The molecule has 0 aliphatic carbocycles. The molecule has 21 heavy (non-hydrogen) atoms. The van der Waals surface area contributed by atoms with Gasteiger partial charge >= 0.3 is 0 Å². The number of benzene rings is 1. The number of pyridine rings is 1. The molecule has 2 aromatic rings. The first-order valence-corrected chi connectivity index (χ1v) is 7.57. The average molecular weight is 297 g/mol. The minimum atomic E-state index is -0.195. The van der Waals surface area contributed by atoms with Crippen molar-refractivity contribution in [3.8, 4) is 11.8 Å². The van der Waals surface area contributed by atoms with Crippen LogP contribution in [0.1, 0.15) is 16.1 Å². The number of nitrogens with zero attached hydrogens (tertiary/aromatic N) is 1. The number of nitrogens with one attached hydrogen (secondary N) is 1. The summed E-state index contributed by atoms with van der Waals surface area (Å²) in [5.74, 6) is 5.84. The van der Waals surface area contributed by atoms with E-state index in [-0.39, 0.29) is 12.5 Å². The van der Waals surface area contributed by atoms with Crippen molar-refractivity contribution in [3.05, 3.63) is 53.7 Å². The van der Waals surface area contributed by atoms with Crippen molar-refractivity contribution in [2.24, 2.45) is 5.73 Å². The fourth-order valence-electron chi connectivity index (χ4n) is 1.65. The number of hydrogen-bond acceptors (Lipinski definition) is 4. The maximum atomic E-state index is 12.1. The summed E-state index contributed by atoms with van der Waals surface area (Å²) in [6.07, 6.45) is 1.99. The molecular weight excluding hydrogens is 282 g/mol. The van der Waals surface area contributed by atoms with Gasteiger partial charge in [0.25, 0.3) is 5.91 Å². The van der Waals surface area contributed by atoms with E-state index in [1.165, 1.54) is 0 Å². The first kappa shape index (κ1) is 15.1. The van der Waals surface area contributed by atoms with Gasteiger partial charge in [-0.1, -0.05) is 12.0 Å². The minimum absolute atomic E-state index is 0.195. The number of thioether (sulfide) groups is 1. The summed E-state index contributed by atoms with van der Waals surface area (Å²) in [5, 5.41) is 2.76. The van der Waals surface area contributed by atoms with Crippen LogP contribution in [0.5, 0.6) is 0 Å². The molecule has 5 heteroatoms. The minimum Gasteiger partial charge on any atom is -0.320 e. The maximum Gasteiger partial charge on any atom is 0.256 e. The van der Waals surface area contributed by atoms with E-state index in [1.54, 1.807) is 42.1 Å². The van der Waals surface area contributed by atoms with E-state index < -0.39 is 0 Å². The molecule has 3 N–H and O–H groups in total. The van der Waals surface area contributed by atoms with Gasteiger partial charge in [-0.2, -0.15) is 0 Å². The normalized spacial score (nSPS) is 9.62. The van der Waals surface area contributed by atoms with Crippen LogP contribution in [0.3, 0.4) is 0 Å². The summed E-state index contributed by atoms with van der Waals surface area (Å²) in [6, 6.07) is 12.7. The Morgan fingerprint density at radius 1 is 1.29 bits per heavy atom.